The molecule has 0 aromatic heterocycles. The summed E-state index contributed by atoms with van der Waals surface area (Å²) in [5, 5.41) is 9.26. The summed E-state index contributed by atoms with van der Waals surface area (Å²) in [4.78, 5) is 15.5. The third-order valence-electron chi connectivity index (χ3n) is 8.31. The molecule has 0 bridgehead atoms. The Bertz CT molecular complexity index is 1350. The second-order valence-corrected chi connectivity index (χ2v) is 13.5. The summed E-state index contributed by atoms with van der Waals surface area (Å²) in [6, 6.07) is 11.0. The minimum Gasteiger partial charge on any atom is -0.487 e. The number of fused-ring (bicyclic) bond motifs is 2. The SMILES string of the molecule is C=CCC[C@@H](CO)S(=O)(=O)NC(=O)c1ccc2c(c1)N(C[C@@H]1CC[C@H]1CC=C)CCCCc1cc(Cl)ccc1CO2. The minimum absolute atomic E-state index is 0.175. The highest BCUT2D eigenvalue weighted by Gasteiger charge is 2.32. The first kappa shape index (κ1) is 31.1. The molecule has 2 aromatic carbocycles. The fraction of sp³-hybridized carbons (Fsp3) is 0.469. The number of ether oxygens (including phenoxy) is 1. The zero-order valence-corrected chi connectivity index (χ0v) is 25.1. The lowest BCUT2D eigenvalue weighted by molar-refractivity contribution is 0.0980. The molecule has 9 heteroatoms. The second kappa shape index (κ2) is 14.4. The molecule has 3 atom stereocenters. The van der Waals surface area contributed by atoms with Gasteiger partial charge in [0.05, 0.1) is 12.3 Å². The molecule has 1 fully saturated rings. The first-order valence-corrected chi connectivity index (χ1v) is 16.4. The number of aryl methyl sites for hydroxylation is 1. The molecule has 7 nitrogen and oxygen atoms in total. The largest absolute Gasteiger partial charge is 0.487 e. The van der Waals surface area contributed by atoms with Gasteiger partial charge in [0, 0.05) is 23.7 Å². The molecule has 1 aliphatic carbocycles. The average molecular weight is 601 g/mol. The highest BCUT2D eigenvalue weighted by atomic mass is 35.5. The number of carbonyl (C=O) groups excluding carboxylic acids is 1. The van der Waals surface area contributed by atoms with Crippen molar-refractivity contribution in [2.24, 2.45) is 11.8 Å². The van der Waals surface area contributed by atoms with Crippen molar-refractivity contribution < 1.29 is 23.1 Å². The van der Waals surface area contributed by atoms with E-state index in [2.05, 4.69) is 22.8 Å². The molecular formula is C32H41ClN2O5S. The van der Waals surface area contributed by atoms with Gasteiger partial charge >= 0.3 is 0 Å². The van der Waals surface area contributed by atoms with Crippen molar-refractivity contribution in [3.8, 4) is 5.75 Å². The first-order chi connectivity index (χ1) is 19.7. The van der Waals surface area contributed by atoms with Crippen LogP contribution in [0.5, 0.6) is 5.75 Å². The number of halogens is 1. The quantitative estimate of drug-likeness (QED) is 0.305. The normalized spacial score (nSPS) is 19.8. The molecule has 41 heavy (non-hydrogen) atoms. The lowest BCUT2D eigenvalue weighted by Crippen LogP contribution is -2.40. The molecular weight excluding hydrogens is 560 g/mol. The maximum absolute atomic E-state index is 13.2. The summed E-state index contributed by atoms with van der Waals surface area (Å²) in [5.74, 6) is 1.01. The van der Waals surface area contributed by atoms with Gasteiger partial charge in [0.25, 0.3) is 5.91 Å². The molecule has 2 N–H and O–H groups in total. The van der Waals surface area contributed by atoms with Crippen LogP contribution in [0.15, 0.2) is 61.7 Å². The topological polar surface area (TPSA) is 95.9 Å². The van der Waals surface area contributed by atoms with Crippen LogP contribution in [0.4, 0.5) is 5.69 Å². The van der Waals surface area contributed by atoms with Gasteiger partial charge in [0.15, 0.2) is 0 Å². The number of amides is 1. The van der Waals surface area contributed by atoms with Crippen molar-refractivity contribution in [1.29, 1.82) is 0 Å². The molecule has 1 aliphatic heterocycles. The molecule has 0 unspecified atom stereocenters. The summed E-state index contributed by atoms with van der Waals surface area (Å²) >= 11 is 6.29. The minimum atomic E-state index is -4.08. The monoisotopic (exact) mass is 600 g/mol. The van der Waals surface area contributed by atoms with E-state index >= 15 is 0 Å². The number of sulfonamides is 1. The summed E-state index contributed by atoms with van der Waals surface area (Å²) in [6.45, 7) is 8.91. The number of nitrogens with one attached hydrogen (secondary N) is 1. The number of benzene rings is 2. The van der Waals surface area contributed by atoms with Crippen LogP contribution in [0.1, 0.15) is 66.4 Å². The van der Waals surface area contributed by atoms with Gasteiger partial charge in [0.1, 0.15) is 17.6 Å². The maximum atomic E-state index is 13.2. The number of hydrogen-bond acceptors (Lipinski definition) is 6. The van der Waals surface area contributed by atoms with Crippen LogP contribution in [0.25, 0.3) is 0 Å². The van der Waals surface area contributed by atoms with E-state index in [0.29, 0.717) is 35.6 Å². The smallest absolute Gasteiger partial charge is 0.264 e. The Morgan fingerprint density at radius 1 is 1.12 bits per heavy atom. The number of rotatable bonds is 11. The fourth-order valence-electron chi connectivity index (χ4n) is 5.69. The van der Waals surface area contributed by atoms with Gasteiger partial charge < -0.3 is 14.7 Å². The van der Waals surface area contributed by atoms with Crippen LogP contribution in [0, 0.1) is 11.8 Å². The molecule has 0 saturated heterocycles. The summed E-state index contributed by atoms with van der Waals surface area (Å²) in [7, 11) is -4.08. The van der Waals surface area contributed by atoms with E-state index in [1.165, 1.54) is 12.0 Å². The Kier molecular flexibility index (Phi) is 10.9. The molecule has 0 spiro atoms. The van der Waals surface area contributed by atoms with Crippen LogP contribution in [0.2, 0.25) is 5.02 Å². The Balaban J connectivity index is 1.64. The zero-order chi connectivity index (χ0) is 29.4. The molecule has 4 rings (SSSR count). The Morgan fingerprint density at radius 2 is 1.93 bits per heavy atom. The first-order valence-electron chi connectivity index (χ1n) is 14.4. The highest BCUT2D eigenvalue weighted by Crippen LogP contribution is 2.40. The predicted octanol–water partition coefficient (Wildman–Crippen LogP) is 6.05. The number of aliphatic hydroxyl groups excluding tert-OH is 1. The van der Waals surface area contributed by atoms with Crippen LogP contribution in [-0.2, 0) is 23.1 Å². The van der Waals surface area contributed by atoms with E-state index in [4.69, 9.17) is 16.3 Å². The van der Waals surface area contributed by atoms with Crippen LogP contribution in [0.3, 0.4) is 0 Å². The highest BCUT2D eigenvalue weighted by molar-refractivity contribution is 7.90. The van der Waals surface area contributed by atoms with Crippen molar-refractivity contribution >= 4 is 33.2 Å². The summed E-state index contributed by atoms with van der Waals surface area (Å²) < 4.78 is 34.3. The van der Waals surface area contributed by atoms with Crippen molar-refractivity contribution in [2.75, 3.05) is 24.6 Å². The third kappa shape index (κ3) is 7.93. The van der Waals surface area contributed by atoms with Gasteiger partial charge in [-0.25, -0.2) is 13.1 Å². The van der Waals surface area contributed by atoms with Crippen LogP contribution in [-0.4, -0.2) is 44.4 Å². The molecule has 2 aliphatic rings. The van der Waals surface area contributed by atoms with E-state index in [0.717, 1.165) is 56.4 Å². The molecule has 222 valence electrons. The lowest BCUT2D eigenvalue weighted by Gasteiger charge is -2.41. The van der Waals surface area contributed by atoms with Gasteiger partial charge in [-0.3, -0.25) is 4.79 Å². The Labute approximate surface area is 249 Å². The number of aliphatic hydroxyl groups is 1. The summed E-state index contributed by atoms with van der Waals surface area (Å²) in [6.07, 6.45) is 10.3. The number of hydrogen-bond donors (Lipinski definition) is 2. The van der Waals surface area contributed by atoms with Crippen LogP contribution >= 0.6 is 11.6 Å². The Hall–Kier alpha value is -2.81. The van der Waals surface area contributed by atoms with Crippen molar-refractivity contribution in [3.63, 3.8) is 0 Å². The van der Waals surface area contributed by atoms with Gasteiger partial charge in [-0.15, -0.1) is 13.2 Å². The van der Waals surface area contributed by atoms with Gasteiger partial charge in [-0.1, -0.05) is 29.8 Å². The standard InChI is InChI=1S/C32H41ClN2O5S/c1-3-5-10-29(21-36)41(38,39)34-32(37)25-14-16-31-30(19-25)35(20-26-12-11-23(26)8-4-2)17-7-6-9-24-18-28(33)15-13-27(24)22-40-31/h3-4,13-16,18-19,23,26,29,36H,1-2,5-12,17,20-22H2,(H,34,37)/t23-,26+,29+/m1/s1. The van der Waals surface area contributed by atoms with Gasteiger partial charge in [-0.05, 0) is 105 Å². The molecule has 2 aromatic rings. The van der Waals surface area contributed by atoms with E-state index in [-0.39, 0.29) is 12.0 Å². The molecule has 1 heterocycles. The van der Waals surface area contributed by atoms with E-state index in [9.17, 15) is 18.3 Å². The van der Waals surface area contributed by atoms with E-state index in [1.807, 2.05) is 24.3 Å². The van der Waals surface area contributed by atoms with E-state index in [1.54, 1.807) is 24.3 Å². The number of carbonyl (C=O) groups is 1. The second-order valence-electron chi connectivity index (χ2n) is 11.1. The predicted molar refractivity (Wildman–Crippen MR) is 165 cm³/mol. The van der Waals surface area contributed by atoms with Crippen molar-refractivity contribution in [3.05, 3.63) is 83.4 Å². The van der Waals surface area contributed by atoms with Crippen molar-refractivity contribution in [1.82, 2.24) is 4.72 Å². The number of anilines is 1. The van der Waals surface area contributed by atoms with Gasteiger partial charge in [0.2, 0.25) is 10.0 Å². The maximum Gasteiger partial charge on any atom is 0.264 e. The van der Waals surface area contributed by atoms with Crippen molar-refractivity contribution in [2.45, 2.75) is 63.2 Å². The van der Waals surface area contributed by atoms with E-state index < -0.39 is 27.8 Å². The fourth-order valence-corrected chi connectivity index (χ4v) is 7.07. The number of allylic oxidation sites excluding steroid dienone is 2. The number of nitrogens with zero attached hydrogens (tertiary/aromatic N) is 1. The average Bonchev–Trinajstić information content (AvgIpc) is 2.97. The summed E-state index contributed by atoms with van der Waals surface area (Å²) in [5.41, 5.74) is 3.25. The molecule has 0 radical (unpaired) electrons. The lowest BCUT2D eigenvalue weighted by atomic mass is 9.71. The van der Waals surface area contributed by atoms with Crippen LogP contribution < -0.4 is 14.4 Å². The Morgan fingerprint density at radius 3 is 2.63 bits per heavy atom. The molecule has 1 amide bonds. The van der Waals surface area contributed by atoms with Gasteiger partial charge in [-0.2, -0.15) is 0 Å². The molecule has 1 saturated carbocycles. The third-order valence-corrected chi connectivity index (χ3v) is 10.3. The zero-order valence-electron chi connectivity index (χ0n) is 23.6.